The van der Waals surface area contributed by atoms with Crippen LogP contribution in [0.1, 0.15) is 51.0 Å². The molecule has 3 N–H and O–H groups in total. The number of aliphatic imine (C=N–C) groups is 1. The molecule has 3 rings (SSSR count). The second-order valence-electron chi connectivity index (χ2n) is 8.13. The maximum atomic E-state index is 9.17. The van der Waals surface area contributed by atoms with Gasteiger partial charge in [-0.25, -0.2) is 4.99 Å². The van der Waals surface area contributed by atoms with Crippen LogP contribution < -0.4 is 16.0 Å². The van der Waals surface area contributed by atoms with Crippen LogP contribution in [0.5, 0.6) is 0 Å². The van der Waals surface area contributed by atoms with Gasteiger partial charge in [0.2, 0.25) is 5.89 Å². The van der Waals surface area contributed by atoms with Crippen molar-refractivity contribution in [2.75, 3.05) is 21.1 Å². The minimum atomic E-state index is 0.380. The van der Waals surface area contributed by atoms with Gasteiger partial charge in [0.25, 0.3) is 5.89 Å². The van der Waals surface area contributed by atoms with Gasteiger partial charge < -0.3 is 25.2 Å². The van der Waals surface area contributed by atoms with Crippen molar-refractivity contribution in [2.45, 2.75) is 52.1 Å². The van der Waals surface area contributed by atoms with Crippen LogP contribution in [-0.4, -0.2) is 49.4 Å². The molecule has 8 heteroatoms. The van der Waals surface area contributed by atoms with Crippen LogP contribution in [0.2, 0.25) is 0 Å². The second kappa shape index (κ2) is 14.8. The number of nitrogens with one attached hydrogen (secondary N) is 3. The molecule has 0 fully saturated rings. The van der Waals surface area contributed by atoms with Crippen molar-refractivity contribution < 1.29 is 9.21 Å². The van der Waals surface area contributed by atoms with Crippen molar-refractivity contribution in [3.63, 3.8) is 0 Å². The van der Waals surface area contributed by atoms with E-state index in [-0.39, 0.29) is 0 Å². The first-order chi connectivity index (χ1) is 17.0. The molecule has 0 saturated heterocycles. The molecule has 1 aliphatic rings. The zero-order valence-electron chi connectivity index (χ0n) is 21.5. The van der Waals surface area contributed by atoms with Crippen LogP contribution in [0.4, 0.5) is 0 Å². The molecule has 1 unspecified atom stereocenters. The van der Waals surface area contributed by atoms with E-state index in [4.69, 9.17) is 9.41 Å². The Morgan fingerprint density at radius 2 is 1.94 bits per heavy atom. The maximum absolute atomic E-state index is 9.17. The van der Waals surface area contributed by atoms with E-state index in [1.165, 1.54) is 11.1 Å². The van der Waals surface area contributed by atoms with Gasteiger partial charge in [0, 0.05) is 37.3 Å². The summed E-state index contributed by atoms with van der Waals surface area (Å²) in [5, 5.41) is 18.2. The lowest BCUT2D eigenvalue weighted by Gasteiger charge is -2.21. The van der Waals surface area contributed by atoms with Crippen LogP contribution in [0.25, 0.3) is 17.2 Å². The molecule has 8 nitrogen and oxygen atoms in total. The Kier molecular flexibility index (Phi) is 11.8. The number of aromatic nitrogens is 2. The van der Waals surface area contributed by atoms with Gasteiger partial charge in [0.15, 0.2) is 0 Å². The molecule has 188 valence electrons. The van der Waals surface area contributed by atoms with Gasteiger partial charge in [0.1, 0.15) is 12.0 Å². The zero-order valence-corrected chi connectivity index (χ0v) is 21.5. The predicted octanol–water partition coefficient (Wildman–Crippen LogP) is 4.28. The van der Waals surface area contributed by atoms with Gasteiger partial charge in [-0.1, -0.05) is 31.7 Å². The number of aldehydes is 1. The predicted molar refractivity (Wildman–Crippen MR) is 143 cm³/mol. The summed E-state index contributed by atoms with van der Waals surface area (Å²) in [6.45, 7) is 8.55. The SMILES string of the molecule is C=CC(=N/C(=C(\C)NC)c1nnc(-c2ccc(CNC)cc2)o1)C1=CCC(NC)CC1.CCC=O. The van der Waals surface area contributed by atoms with Crippen molar-refractivity contribution >= 4 is 17.7 Å². The third kappa shape index (κ3) is 8.12. The van der Waals surface area contributed by atoms with E-state index in [9.17, 15) is 4.79 Å². The van der Waals surface area contributed by atoms with Gasteiger partial charge >= 0.3 is 0 Å². The van der Waals surface area contributed by atoms with E-state index in [1.54, 1.807) is 6.08 Å². The monoisotopic (exact) mass is 478 g/mol. The van der Waals surface area contributed by atoms with E-state index >= 15 is 0 Å². The van der Waals surface area contributed by atoms with E-state index in [2.05, 4.69) is 38.8 Å². The van der Waals surface area contributed by atoms with E-state index in [0.29, 0.717) is 29.9 Å². The van der Waals surface area contributed by atoms with Gasteiger partial charge in [-0.05, 0) is 69.6 Å². The highest BCUT2D eigenvalue weighted by Crippen LogP contribution is 2.26. The molecule has 1 heterocycles. The summed E-state index contributed by atoms with van der Waals surface area (Å²) in [5.74, 6) is 0.849. The van der Waals surface area contributed by atoms with Crippen molar-refractivity contribution in [1.82, 2.24) is 26.1 Å². The van der Waals surface area contributed by atoms with Crippen molar-refractivity contribution in [1.29, 1.82) is 0 Å². The molecule has 1 aromatic carbocycles. The molecular weight excluding hydrogens is 440 g/mol. The standard InChI is InChI=1S/C24H32N6O.C3H6O/c1-6-21(18-11-13-20(27-5)14-12-18)28-22(16(2)26-4)24-30-29-23(31-24)19-9-7-17(8-10-19)15-25-3;1-2-3-4/h6-11,20,25-27H,1,12-15H2,2-5H3;3H,2H2,1H3/b22-16+,28-21?;. The van der Waals surface area contributed by atoms with E-state index in [0.717, 1.165) is 49.1 Å². The van der Waals surface area contributed by atoms with E-state index < -0.39 is 0 Å². The summed E-state index contributed by atoms with van der Waals surface area (Å²) in [4.78, 5) is 14.1. The Balaban J connectivity index is 0.00000100. The average Bonchev–Trinajstić information content (AvgIpc) is 3.40. The molecule has 0 bridgehead atoms. The maximum Gasteiger partial charge on any atom is 0.268 e. The molecule has 0 saturated carbocycles. The normalized spacial score (nSPS) is 16.4. The van der Waals surface area contributed by atoms with Crippen LogP contribution in [0.3, 0.4) is 0 Å². The number of carbonyl (C=O) groups is 1. The van der Waals surface area contributed by atoms with Gasteiger partial charge in [-0.15, -0.1) is 10.2 Å². The average molecular weight is 479 g/mol. The van der Waals surface area contributed by atoms with Crippen LogP contribution in [0, 0.1) is 0 Å². The molecule has 0 aliphatic heterocycles. The number of rotatable bonds is 10. The second-order valence-corrected chi connectivity index (χ2v) is 8.13. The van der Waals surface area contributed by atoms with Gasteiger partial charge in [-0.2, -0.15) is 0 Å². The first-order valence-corrected chi connectivity index (χ1v) is 12.0. The lowest BCUT2D eigenvalue weighted by Crippen LogP contribution is -2.27. The molecule has 0 radical (unpaired) electrons. The highest BCUT2D eigenvalue weighted by molar-refractivity contribution is 6.10. The number of carbonyl (C=O) groups excluding carboxylic acids is 1. The fourth-order valence-electron chi connectivity index (χ4n) is 3.51. The number of benzene rings is 1. The number of nitrogens with zero attached hydrogens (tertiary/aromatic N) is 3. The topological polar surface area (TPSA) is 104 Å². The highest BCUT2D eigenvalue weighted by Gasteiger charge is 2.19. The van der Waals surface area contributed by atoms with Crippen molar-refractivity contribution in [2.24, 2.45) is 4.99 Å². The fraction of sp³-hybridized carbons (Fsp3) is 0.407. The van der Waals surface area contributed by atoms with E-state index in [1.807, 2.05) is 59.3 Å². The molecule has 35 heavy (non-hydrogen) atoms. The largest absolute Gasteiger partial charge is 0.415 e. The summed E-state index contributed by atoms with van der Waals surface area (Å²) >= 11 is 0. The molecule has 0 spiro atoms. The number of hydrogen-bond acceptors (Lipinski definition) is 8. The van der Waals surface area contributed by atoms with Gasteiger partial charge in [0.05, 0.1) is 5.71 Å². The third-order valence-electron chi connectivity index (χ3n) is 5.68. The van der Waals surface area contributed by atoms with Gasteiger partial charge in [-0.3, -0.25) is 0 Å². The van der Waals surface area contributed by atoms with Crippen molar-refractivity contribution in [3.05, 3.63) is 65.7 Å². The Labute approximate surface area is 208 Å². The molecule has 0 amide bonds. The molecule has 1 aromatic heterocycles. The highest BCUT2D eigenvalue weighted by atomic mass is 16.4. The molecule has 1 atom stereocenters. The summed E-state index contributed by atoms with van der Waals surface area (Å²) in [6, 6.07) is 8.59. The lowest BCUT2D eigenvalue weighted by molar-refractivity contribution is -0.107. The lowest BCUT2D eigenvalue weighted by atomic mass is 9.92. The minimum Gasteiger partial charge on any atom is -0.415 e. The Bertz CT molecular complexity index is 1050. The van der Waals surface area contributed by atoms with Crippen LogP contribution in [0.15, 0.2) is 63.7 Å². The fourth-order valence-corrected chi connectivity index (χ4v) is 3.51. The smallest absolute Gasteiger partial charge is 0.268 e. The summed E-state index contributed by atoms with van der Waals surface area (Å²) in [5.41, 5.74) is 5.58. The third-order valence-corrected chi connectivity index (χ3v) is 5.68. The summed E-state index contributed by atoms with van der Waals surface area (Å²) < 4.78 is 6.02. The molecule has 1 aliphatic carbocycles. The first kappa shape index (κ1) is 27.9. The first-order valence-electron chi connectivity index (χ1n) is 12.0. The van der Waals surface area contributed by atoms with Crippen molar-refractivity contribution in [3.8, 4) is 11.5 Å². The van der Waals surface area contributed by atoms with Crippen LogP contribution in [-0.2, 0) is 11.3 Å². The summed E-state index contributed by atoms with van der Waals surface area (Å²) in [7, 11) is 5.79. The number of hydrogen-bond donors (Lipinski definition) is 3. The Morgan fingerprint density at radius 3 is 2.46 bits per heavy atom. The number of allylic oxidation sites excluding steroid dienone is 3. The molecule has 2 aromatic rings. The minimum absolute atomic E-state index is 0.380. The quantitative estimate of drug-likeness (QED) is 0.346. The Morgan fingerprint density at radius 1 is 1.23 bits per heavy atom. The molecular formula is C27H38N6O2. The Hall–Kier alpha value is -3.36. The van der Waals surface area contributed by atoms with Crippen LogP contribution >= 0.6 is 0 Å². The summed E-state index contributed by atoms with van der Waals surface area (Å²) in [6.07, 6.45) is 8.57. The zero-order chi connectivity index (χ0) is 25.6.